The van der Waals surface area contributed by atoms with Crippen molar-refractivity contribution in [1.82, 2.24) is 4.98 Å². The average molecular weight is 263 g/mol. The molecule has 0 aromatic carbocycles. The highest BCUT2D eigenvalue weighted by molar-refractivity contribution is 5.48. The Hall–Kier alpha value is -1.65. The van der Waals surface area contributed by atoms with Crippen LogP contribution in [0.15, 0.2) is 12.3 Å². The van der Waals surface area contributed by atoms with Crippen molar-refractivity contribution in [1.29, 1.82) is 0 Å². The monoisotopic (exact) mass is 263 g/mol. The molecule has 1 aliphatic rings. The number of anilines is 1. The summed E-state index contributed by atoms with van der Waals surface area (Å²) in [4.78, 5) is 14.5. The van der Waals surface area contributed by atoms with E-state index in [9.17, 15) is 10.1 Å². The first-order valence-electron chi connectivity index (χ1n) is 6.86. The molecule has 1 heterocycles. The van der Waals surface area contributed by atoms with Crippen LogP contribution < -0.4 is 5.32 Å². The van der Waals surface area contributed by atoms with Gasteiger partial charge in [-0.1, -0.05) is 26.7 Å². The third-order valence-electron chi connectivity index (χ3n) is 4.30. The summed E-state index contributed by atoms with van der Waals surface area (Å²) in [5.41, 5.74) is 0.882. The molecule has 0 aliphatic heterocycles. The molecule has 1 aliphatic carbocycles. The molecule has 0 bridgehead atoms. The Morgan fingerprint density at radius 1 is 1.42 bits per heavy atom. The molecule has 2 rings (SSSR count). The lowest BCUT2D eigenvalue weighted by Crippen LogP contribution is -2.35. The summed E-state index contributed by atoms with van der Waals surface area (Å²) >= 11 is 0. The highest BCUT2D eigenvalue weighted by Gasteiger charge is 2.27. The quantitative estimate of drug-likeness (QED) is 0.669. The fraction of sp³-hybridized carbons (Fsp3) is 0.643. The first-order valence-corrected chi connectivity index (χ1v) is 6.86. The summed E-state index contributed by atoms with van der Waals surface area (Å²) in [5, 5.41) is 14.2. The van der Waals surface area contributed by atoms with E-state index in [4.69, 9.17) is 0 Å². The van der Waals surface area contributed by atoms with E-state index in [1.807, 2.05) is 6.92 Å². The molecule has 19 heavy (non-hydrogen) atoms. The molecule has 3 unspecified atom stereocenters. The van der Waals surface area contributed by atoms with Gasteiger partial charge in [0.2, 0.25) is 0 Å². The van der Waals surface area contributed by atoms with Gasteiger partial charge in [0.25, 0.3) is 5.69 Å². The topological polar surface area (TPSA) is 68.1 Å². The van der Waals surface area contributed by atoms with Gasteiger partial charge in [-0.25, -0.2) is 4.98 Å². The number of aromatic nitrogens is 1. The predicted octanol–water partition coefficient (Wildman–Crippen LogP) is 3.53. The van der Waals surface area contributed by atoms with E-state index >= 15 is 0 Å². The van der Waals surface area contributed by atoms with E-state index < -0.39 is 4.92 Å². The molecule has 5 nitrogen and oxygen atoms in total. The third-order valence-corrected chi connectivity index (χ3v) is 4.30. The van der Waals surface area contributed by atoms with Crippen LogP contribution in [0.1, 0.15) is 38.7 Å². The van der Waals surface area contributed by atoms with Gasteiger partial charge in [0.1, 0.15) is 12.0 Å². The maximum Gasteiger partial charge on any atom is 0.287 e. The van der Waals surface area contributed by atoms with Crippen LogP contribution in [0.3, 0.4) is 0 Å². The van der Waals surface area contributed by atoms with Crippen LogP contribution in [0.5, 0.6) is 0 Å². The zero-order chi connectivity index (χ0) is 14.0. The third kappa shape index (κ3) is 3.03. The van der Waals surface area contributed by atoms with Crippen LogP contribution in [0.25, 0.3) is 0 Å². The highest BCUT2D eigenvalue weighted by Crippen LogP contribution is 2.32. The molecule has 1 saturated carbocycles. The number of nitrogens with one attached hydrogen (secondary N) is 1. The van der Waals surface area contributed by atoms with Crippen LogP contribution in [-0.4, -0.2) is 15.9 Å². The first kappa shape index (κ1) is 13.8. The van der Waals surface area contributed by atoms with Gasteiger partial charge in [0.05, 0.1) is 4.92 Å². The SMILES string of the molecule is Cc1cc([N+](=O)[O-])cnc1NC1CCCC(C)C1C. The average Bonchev–Trinajstić information content (AvgIpc) is 2.37. The van der Waals surface area contributed by atoms with Crippen molar-refractivity contribution >= 4 is 11.5 Å². The summed E-state index contributed by atoms with van der Waals surface area (Å²) in [6, 6.07) is 1.99. The molecule has 0 amide bonds. The molecule has 1 N–H and O–H groups in total. The summed E-state index contributed by atoms with van der Waals surface area (Å²) in [6.07, 6.45) is 4.98. The number of rotatable bonds is 3. The second-order valence-electron chi connectivity index (χ2n) is 5.63. The lowest BCUT2D eigenvalue weighted by molar-refractivity contribution is -0.385. The maximum absolute atomic E-state index is 10.7. The van der Waals surface area contributed by atoms with E-state index in [-0.39, 0.29) is 5.69 Å². The molecular weight excluding hydrogens is 242 g/mol. The second kappa shape index (κ2) is 5.55. The molecule has 1 fully saturated rings. The zero-order valence-electron chi connectivity index (χ0n) is 11.7. The van der Waals surface area contributed by atoms with Crippen LogP contribution in [0, 0.1) is 28.9 Å². The van der Waals surface area contributed by atoms with Gasteiger partial charge in [-0.2, -0.15) is 0 Å². The van der Waals surface area contributed by atoms with E-state index in [0.29, 0.717) is 17.9 Å². The summed E-state index contributed by atoms with van der Waals surface area (Å²) in [5.74, 6) is 2.09. The van der Waals surface area contributed by atoms with Gasteiger partial charge in [0.15, 0.2) is 0 Å². The molecule has 0 radical (unpaired) electrons. The Morgan fingerprint density at radius 2 is 2.16 bits per heavy atom. The molecule has 1 aromatic heterocycles. The molecule has 5 heteroatoms. The van der Waals surface area contributed by atoms with Gasteiger partial charge >= 0.3 is 0 Å². The molecule has 0 saturated heterocycles. The lowest BCUT2D eigenvalue weighted by Gasteiger charge is -2.35. The van der Waals surface area contributed by atoms with Crippen molar-refractivity contribution in [3.63, 3.8) is 0 Å². The smallest absolute Gasteiger partial charge is 0.287 e. The van der Waals surface area contributed by atoms with Crippen LogP contribution in [-0.2, 0) is 0 Å². The number of pyridine rings is 1. The van der Waals surface area contributed by atoms with Gasteiger partial charge in [0, 0.05) is 12.1 Å². The highest BCUT2D eigenvalue weighted by atomic mass is 16.6. The minimum Gasteiger partial charge on any atom is -0.367 e. The number of hydrogen-bond donors (Lipinski definition) is 1. The van der Waals surface area contributed by atoms with Crippen molar-refractivity contribution in [2.24, 2.45) is 11.8 Å². The van der Waals surface area contributed by atoms with E-state index in [0.717, 1.165) is 17.8 Å². The van der Waals surface area contributed by atoms with Gasteiger partial charge in [-0.3, -0.25) is 10.1 Å². The lowest BCUT2D eigenvalue weighted by atomic mass is 9.78. The second-order valence-corrected chi connectivity index (χ2v) is 5.63. The van der Waals surface area contributed by atoms with Gasteiger partial charge < -0.3 is 5.32 Å². The number of aryl methyl sites for hydroxylation is 1. The Morgan fingerprint density at radius 3 is 2.79 bits per heavy atom. The number of hydrogen-bond acceptors (Lipinski definition) is 4. The Kier molecular flexibility index (Phi) is 4.02. The van der Waals surface area contributed by atoms with Crippen molar-refractivity contribution in [3.05, 3.63) is 27.9 Å². The molecule has 0 spiro atoms. The Labute approximate surface area is 113 Å². The standard InChI is InChI=1S/C14H21N3O2/c1-9-5-4-6-13(11(9)3)16-14-10(2)7-12(8-15-14)17(18)19/h7-9,11,13H,4-6H2,1-3H3,(H,15,16). The zero-order valence-corrected chi connectivity index (χ0v) is 11.7. The van der Waals surface area contributed by atoms with Crippen LogP contribution >= 0.6 is 0 Å². The summed E-state index contributed by atoms with van der Waals surface area (Å²) in [6.45, 7) is 6.41. The first-order chi connectivity index (χ1) is 8.99. The van der Waals surface area contributed by atoms with Crippen molar-refractivity contribution in [3.8, 4) is 0 Å². The van der Waals surface area contributed by atoms with E-state index in [1.54, 1.807) is 6.07 Å². The van der Waals surface area contributed by atoms with Crippen molar-refractivity contribution in [2.75, 3.05) is 5.32 Å². The maximum atomic E-state index is 10.7. The van der Waals surface area contributed by atoms with Gasteiger partial charge in [-0.15, -0.1) is 0 Å². The van der Waals surface area contributed by atoms with Gasteiger partial charge in [-0.05, 0) is 30.7 Å². The largest absolute Gasteiger partial charge is 0.367 e. The minimum absolute atomic E-state index is 0.0492. The predicted molar refractivity (Wildman–Crippen MR) is 75.2 cm³/mol. The van der Waals surface area contributed by atoms with Crippen LogP contribution in [0.4, 0.5) is 11.5 Å². The summed E-state index contributed by atoms with van der Waals surface area (Å²) in [7, 11) is 0. The van der Waals surface area contributed by atoms with Crippen LogP contribution in [0.2, 0.25) is 0 Å². The van der Waals surface area contributed by atoms with E-state index in [2.05, 4.69) is 24.1 Å². The van der Waals surface area contributed by atoms with Crippen molar-refractivity contribution in [2.45, 2.75) is 46.1 Å². The normalized spacial score (nSPS) is 27.0. The molecule has 3 atom stereocenters. The number of nitro groups is 1. The molecule has 1 aromatic rings. The minimum atomic E-state index is -0.408. The van der Waals surface area contributed by atoms with Crippen molar-refractivity contribution < 1.29 is 4.92 Å². The molecule has 104 valence electrons. The Balaban J connectivity index is 2.12. The fourth-order valence-electron chi connectivity index (χ4n) is 2.77. The molecular formula is C14H21N3O2. The number of nitrogens with zero attached hydrogens (tertiary/aromatic N) is 2. The van der Waals surface area contributed by atoms with E-state index in [1.165, 1.54) is 19.0 Å². The fourth-order valence-corrected chi connectivity index (χ4v) is 2.77. The summed E-state index contributed by atoms with van der Waals surface area (Å²) < 4.78 is 0. The Bertz CT molecular complexity index is 476.